The van der Waals surface area contributed by atoms with Crippen LogP contribution in [0, 0.1) is 0 Å². The van der Waals surface area contributed by atoms with Crippen molar-refractivity contribution in [3.63, 3.8) is 0 Å². The number of hydrogen-bond donors (Lipinski definition) is 1. The Balaban J connectivity index is 2.70. The molecule has 0 heterocycles. The fourth-order valence-corrected chi connectivity index (χ4v) is 1.93. The zero-order valence-electron chi connectivity index (χ0n) is 11.6. The van der Waals surface area contributed by atoms with Gasteiger partial charge in [-0.15, -0.1) is 11.6 Å². The minimum atomic E-state index is -0.00241. The monoisotopic (exact) mass is 267 g/mol. The van der Waals surface area contributed by atoms with Crippen LogP contribution in [-0.2, 0) is 10.2 Å². The van der Waals surface area contributed by atoms with Crippen LogP contribution in [0.15, 0.2) is 24.3 Å². The topological polar surface area (TPSA) is 29.1 Å². The molecule has 0 aliphatic heterocycles. The van der Waals surface area contributed by atoms with E-state index in [0.29, 0.717) is 12.3 Å². The summed E-state index contributed by atoms with van der Waals surface area (Å²) >= 11 is 5.54. The van der Waals surface area contributed by atoms with Gasteiger partial charge >= 0.3 is 0 Å². The van der Waals surface area contributed by atoms with Crippen LogP contribution in [0.25, 0.3) is 0 Å². The molecule has 18 heavy (non-hydrogen) atoms. The molecule has 0 fully saturated rings. The number of amides is 1. The number of carbonyl (C=O) groups is 1. The van der Waals surface area contributed by atoms with E-state index >= 15 is 0 Å². The summed E-state index contributed by atoms with van der Waals surface area (Å²) < 4.78 is 0. The third-order valence-electron chi connectivity index (χ3n) is 2.98. The summed E-state index contributed by atoms with van der Waals surface area (Å²) in [7, 11) is 0. The van der Waals surface area contributed by atoms with Crippen molar-refractivity contribution in [3.05, 3.63) is 35.4 Å². The van der Waals surface area contributed by atoms with Crippen molar-refractivity contribution in [2.24, 2.45) is 0 Å². The van der Waals surface area contributed by atoms with E-state index < -0.39 is 0 Å². The number of alkyl halides is 1. The van der Waals surface area contributed by atoms with Crippen molar-refractivity contribution in [1.82, 2.24) is 5.32 Å². The van der Waals surface area contributed by atoms with Crippen LogP contribution < -0.4 is 5.32 Å². The molecule has 0 saturated carbocycles. The first-order chi connectivity index (χ1) is 8.34. The first kappa shape index (κ1) is 15.0. The van der Waals surface area contributed by atoms with E-state index in [1.54, 1.807) is 0 Å². The lowest BCUT2D eigenvalue weighted by Crippen LogP contribution is -2.26. The maximum absolute atomic E-state index is 11.5. The van der Waals surface area contributed by atoms with Gasteiger partial charge in [-0.2, -0.15) is 0 Å². The van der Waals surface area contributed by atoms with Crippen molar-refractivity contribution in [2.75, 3.05) is 5.88 Å². The molecule has 2 nitrogen and oxygen atoms in total. The normalized spacial score (nSPS) is 13.2. The van der Waals surface area contributed by atoms with Crippen molar-refractivity contribution in [2.45, 2.75) is 45.6 Å². The van der Waals surface area contributed by atoms with Gasteiger partial charge < -0.3 is 5.32 Å². The van der Waals surface area contributed by atoms with Gasteiger partial charge in [0.15, 0.2) is 0 Å². The summed E-state index contributed by atoms with van der Waals surface area (Å²) in [6.45, 7) is 8.55. The lowest BCUT2D eigenvalue weighted by atomic mass is 9.86. The Morgan fingerprint density at radius 2 is 1.83 bits per heavy atom. The zero-order chi connectivity index (χ0) is 13.8. The smallest absolute Gasteiger partial charge is 0.221 e. The number of rotatable bonds is 4. The predicted octanol–water partition coefficient (Wildman–Crippen LogP) is 3.79. The van der Waals surface area contributed by atoms with Gasteiger partial charge in [0.1, 0.15) is 0 Å². The maximum Gasteiger partial charge on any atom is 0.221 e. The molecule has 0 radical (unpaired) electrons. The molecule has 1 aromatic carbocycles. The highest BCUT2D eigenvalue weighted by atomic mass is 35.5. The molecular formula is C15H22ClNO. The van der Waals surface area contributed by atoms with Crippen LogP contribution in [0.4, 0.5) is 0 Å². The van der Waals surface area contributed by atoms with E-state index in [2.05, 4.69) is 50.4 Å². The standard InChI is InChI=1S/C15H22ClNO/c1-11(17-14(18)9-10-16)12-5-7-13(8-6-12)15(2,3)4/h5-8,11H,9-10H2,1-4H3,(H,17,18). The third kappa shape index (κ3) is 4.34. The third-order valence-corrected chi connectivity index (χ3v) is 3.16. The number of carbonyl (C=O) groups excluding carboxylic acids is 1. The van der Waals surface area contributed by atoms with Gasteiger partial charge in [-0.05, 0) is 23.5 Å². The Morgan fingerprint density at radius 3 is 2.28 bits per heavy atom. The van der Waals surface area contributed by atoms with Crippen molar-refractivity contribution in [3.8, 4) is 0 Å². The second kappa shape index (κ2) is 6.24. The Bertz CT molecular complexity index is 392. The lowest BCUT2D eigenvalue weighted by molar-refractivity contribution is -0.121. The van der Waals surface area contributed by atoms with Crippen molar-refractivity contribution >= 4 is 17.5 Å². The Labute approximate surface area is 115 Å². The van der Waals surface area contributed by atoms with E-state index in [1.807, 2.05) is 6.92 Å². The van der Waals surface area contributed by atoms with E-state index in [4.69, 9.17) is 11.6 Å². The highest BCUT2D eigenvalue weighted by Crippen LogP contribution is 2.23. The molecule has 0 aliphatic carbocycles. The second-order valence-corrected chi connectivity index (χ2v) is 5.98. The Morgan fingerprint density at radius 1 is 1.28 bits per heavy atom. The molecular weight excluding hydrogens is 246 g/mol. The summed E-state index contributed by atoms with van der Waals surface area (Å²) in [5.74, 6) is 0.360. The molecule has 1 rings (SSSR count). The summed E-state index contributed by atoms with van der Waals surface area (Å²) in [6.07, 6.45) is 0.367. The van der Waals surface area contributed by atoms with E-state index in [0.717, 1.165) is 5.56 Å². The Kier molecular flexibility index (Phi) is 5.21. The van der Waals surface area contributed by atoms with E-state index in [-0.39, 0.29) is 17.4 Å². The van der Waals surface area contributed by atoms with Gasteiger partial charge in [0.25, 0.3) is 0 Å². The molecule has 0 spiro atoms. The van der Waals surface area contributed by atoms with Gasteiger partial charge in [-0.3, -0.25) is 4.79 Å². The van der Waals surface area contributed by atoms with Gasteiger partial charge in [0.2, 0.25) is 5.91 Å². The second-order valence-electron chi connectivity index (χ2n) is 5.60. The average Bonchev–Trinajstić information content (AvgIpc) is 2.28. The van der Waals surface area contributed by atoms with E-state index in [9.17, 15) is 4.79 Å². The van der Waals surface area contributed by atoms with E-state index in [1.165, 1.54) is 5.56 Å². The van der Waals surface area contributed by atoms with Crippen molar-refractivity contribution in [1.29, 1.82) is 0 Å². The first-order valence-corrected chi connectivity index (χ1v) is 6.84. The highest BCUT2D eigenvalue weighted by molar-refractivity contribution is 6.18. The fourth-order valence-electron chi connectivity index (χ4n) is 1.75. The average molecular weight is 268 g/mol. The van der Waals surface area contributed by atoms with Crippen LogP contribution in [0.1, 0.15) is 51.3 Å². The molecule has 0 bridgehead atoms. The molecule has 1 aromatic rings. The highest BCUT2D eigenvalue weighted by Gasteiger charge is 2.14. The number of nitrogens with one attached hydrogen (secondary N) is 1. The SMILES string of the molecule is CC(NC(=O)CCCl)c1ccc(C(C)(C)C)cc1. The van der Waals surface area contributed by atoms with Crippen LogP contribution in [0.3, 0.4) is 0 Å². The van der Waals surface area contributed by atoms with Crippen molar-refractivity contribution < 1.29 is 4.79 Å². The number of benzene rings is 1. The molecule has 1 atom stereocenters. The van der Waals surface area contributed by atoms with Gasteiger partial charge in [0.05, 0.1) is 6.04 Å². The lowest BCUT2D eigenvalue weighted by Gasteiger charge is -2.20. The van der Waals surface area contributed by atoms with Crippen LogP contribution in [-0.4, -0.2) is 11.8 Å². The summed E-state index contributed by atoms with van der Waals surface area (Å²) in [4.78, 5) is 11.5. The van der Waals surface area contributed by atoms with Gasteiger partial charge in [0, 0.05) is 12.3 Å². The number of hydrogen-bond acceptors (Lipinski definition) is 1. The summed E-state index contributed by atoms with van der Waals surface area (Å²) in [5, 5.41) is 2.93. The molecule has 0 aliphatic rings. The molecule has 3 heteroatoms. The largest absolute Gasteiger partial charge is 0.350 e. The zero-order valence-corrected chi connectivity index (χ0v) is 12.3. The molecule has 100 valence electrons. The maximum atomic E-state index is 11.5. The van der Waals surface area contributed by atoms with Crippen LogP contribution in [0.2, 0.25) is 0 Å². The molecule has 1 N–H and O–H groups in total. The molecule has 0 aromatic heterocycles. The fraction of sp³-hybridized carbons (Fsp3) is 0.533. The van der Waals surface area contributed by atoms with Crippen LogP contribution >= 0.6 is 11.6 Å². The quantitative estimate of drug-likeness (QED) is 0.827. The number of halogens is 1. The minimum absolute atomic E-state index is 0.00241. The van der Waals surface area contributed by atoms with Crippen LogP contribution in [0.5, 0.6) is 0 Å². The first-order valence-electron chi connectivity index (χ1n) is 6.30. The molecule has 1 unspecified atom stereocenters. The van der Waals surface area contributed by atoms with Gasteiger partial charge in [-0.1, -0.05) is 45.0 Å². The molecule has 0 saturated heterocycles. The predicted molar refractivity (Wildman–Crippen MR) is 77.0 cm³/mol. The van der Waals surface area contributed by atoms with Gasteiger partial charge in [-0.25, -0.2) is 0 Å². The Hall–Kier alpha value is -1.02. The molecule has 1 amide bonds. The minimum Gasteiger partial charge on any atom is -0.350 e. The summed E-state index contributed by atoms with van der Waals surface area (Å²) in [6, 6.07) is 8.42. The summed E-state index contributed by atoms with van der Waals surface area (Å²) in [5.41, 5.74) is 2.57.